The number of hydrogen-bond donors (Lipinski definition) is 1. The second-order valence-corrected chi connectivity index (χ2v) is 5.85. The molecule has 0 spiro atoms. The lowest BCUT2D eigenvalue weighted by Gasteiger charge is -2.49. The largest absolute Gasteiger partial charge is 0.322 e. The molecule has 1 aromatic heterocycles. The van der Waals surface area contributed by atoms with Crippen LogP contribution in [0, 0.1) is 6.92 Å². The molecule has 3 aliphatic heterocycles. The summed E-state index contributed by atoms with van der Waals surface area (Å²) in [6, 6.07) is 2.90. The van der Waals surface area contributed by atoms with E-state index in [1.807, 2.05) is 11.3 Å². The summed E-state index contributed by atoms with van der Waals surface area (Å²) in [6.45, 7) is 8.17. The molecule has 0 saturated carbocycles. The van der Waals surface area contributed by atoms with E-state index in [1.165, 1.54) is 36.6 Å². The lowest BCUT2D eigenvalue weighted by Crippen LogP contribution is -2.63. The van der Waals surface area contributed by atoms with Gasteiger partial charge in [0.1, 0.15) is 0 Å². The summed E-state index contributed by atoms with van der Waals surface area (Å²) in [5.74, 6) is 0. The molecule has 0 amide bonds. The Morgan fingerprint density at radius 3 is 2.62 bits per heavy atom. The zero-order chi connectivity index (χ0) is 11.1. The molecule has 2 bridgehead atoms. The van der Waals surface area contributed by atoms with E-state index in [1.54, 1.807) is 0 Å². The van der Waals surface area contributed by atoms with E-state index in [0.29, 0.717) is 6.04 Å². The predicted octanol–water partition coefficient (Wildman–Crippen LogP) is 1.06. The highest BCUT2D eigenvalue weighted by Crippen LogP contribution is 2.30. The zero-order valence-electron chi connectivity index (χ0n) is 9.72. The van der Waals surface area contributed by atoms with Crippen molar-refractivity contribution in [3.63, 3.8) is 0 Å². The highest BCUT2D eigenvalue weighted by molar-refractivity contribution is 7.10. The van der Waals surface area contributed by atoms with Crippen LogP contribution in [0.3, 0.4) is 0 Å². The molecular weight excluding hydrogens is 218 g/mol. The van der Waals surface area contributed by atoms with Crippen molar-refractivity contribution in [1.82, 2.24) is 9.80 Å². The summed E-state index contributed by atoms with van der Waals surface area (Å²) in [7, 11) is 0. The average Bonchev–Trinajstić information content (AvgIpc) is 2.76. The van der Waals surface area contributed by atoms with Crippen molar-refractivity contribution in [3.8, 4) is 0 Å². The number of hydrogen-bond acceptors (Lipinski definition) is 4. The molecule has 2 unspecified atom stereocenters. The summed E-state index contributed by atoms with van der Waals surface area (Å²) in [6.07, 6.45) is 0. The van der Waals surface area contributed by atoms with Crippen LogP contribution in [-0.2, 0) is 0 Å². The summed E-state index contributed by atoms with van der Waals surface area (Å²) in [5, 5.41) is 2.15. The van der Waals surface area contributed by atoms with Crippen LogP contribution >= 0.6 is 11.3 Å². The number of nitrogens with two attached hydrogens (primary N) is 1. The first-order valence-electron chi connectivity index (χ1n) is 6.01. The molecule has 3 fully saturated rings. The van der Waals surface area contributed by atoms with Crippen LogP contribution in [0.5, 0.6) is 0 Å². The van der Waals surface area contributed by atoms with Crippen molar-refractivity contribution in [1.29, 1.82) is 0 Å². The minimum atomic E-state index is 0.197. The van der Waals surface area contributed by atoms with Gasteiger partial charge in [0, 0.05) is 43.6 Å². The van der Waals surface area contributed by atoms with Gasteiger partial charge in [-0.2, -0.15) is 0 Å². The fourth-order valence-electron chi connectivity index (χ4n) is 2.90. The third kappa shape index (κ3) is 1.70. The van der Waals surface area contributed by atoms with Gasteiger partial charge >= 0.3 is 0 Å². The van der Waals surface area contributed by atoms with Gasteiger partial charge in [-0.1, -0.05) is 0 Å². The second-order valence-electron chi connectivity index (χ2n) is 4.90. The lowest BCUT2D eigenvalue weighted by atomic mass is 9.98. The number of rotatable bonds is 2. The van der Waals surface area contributed by atoms with Crippen LogP contribution in [0.15, 0.2) is 11.4 Å². The van der Waals surface area contributed by atoms with Gasteiger partial charge in [0.25, 0.3) is 0 Å². The Morgan fingerprint density at radius 2 is 2.12 bits per heavy atom. The van der Waals surface area contributed by atoms with Crippen molar-refractivity contribution in [3.05, 3.63) is 21.9 Å². The normalized spacial score (nSPS) is 35.2. The third-order valence-electron chi connectivity index (χ3n) is 3.94. The maximum Gasteiger partial charge on any atom is 0.0563 e. The van der Waals surface area contributed by atoms with E-state index in [2.05, 4.69) is 28.2 Å². The molecule has 2 atom stereocenters. The molecular formula is C12H19N3S. The first-order chi connectivity index (χ1) is 7.75. The molecule has 1 aromatic rings. The molecule has 3 aliphatic rings. The monoisotopic (exact) mass is 237 g/mol. The van der Waals surface area contributed by atoms with E-state index in [4.69, 9.17) is 5.73 Å². The van der Waals surface area contributed by atoms with Gasteiger partial charge in [-0.15, -0.1) is 11.3 Å². The Labute approximate surface area is 101 Å². The quantitative estimate of drug-likeness (QED) is 0.835. The van der Waals surface area contributed by atoms with E-state index in [9.17, 15) is 0 Å². The summed E-state index contributed by atoms with van der Waals surface area (Å²) in [5.41, 5.74) is 7.80. The number of thiophene rings is 1. The third-order valence-corrected chi connectivity index (χ3v) is 5.06. The summed E-state index contributed by atoms with van der Waals surface area (Å²) >= 11 is 1.81. The summed E-state index contributed by atoms with van der Waals surface area (Å²) < 4.78 is 0. The van der Waals surface area contributed by atoms with Crippen molar-refractivity contribution in [2.24, 2.45) is 5.73 Å². The maximum absolute atomic E-state index is 6.44. The standard InChI is InChI=1S/C12H19N3S/c1-9-2-7-16-12(9)11(13)10-8-14-3-5-15(10)6-4-14/h2,7,10-11H,3-6,8,13H2,1H3. The average molecular weight is 237 g/mol. The molecule has 0 radical (unpaired) electrons. The Morgan fingerprint density at radius 1 is 1.38 bits per heavy atom. The zero-order valence-corrected chi connectivity index (χ0v) is 10.5. The van der Waals surface area contributed by atoms with Crippen molar-refractivity contribution >= 4 is 11.3 Å². The number of piperazine rings is 3. The first-order valence-corrected chi connectivity index (χ1v) is 6.89. The lowest BCUT2D eigenvalue weighted by molar-refractivity contribution is 0.00254. The topological polar surface area (TPSA) is 32.5 Å². The van der Waals surface area contributed by atoms with Gasteiger partial charge in [-0.25, -0.2) is 0 Å². The maximum atomic E-state index is 6.44. The molecule has 3 nitrogen and oxygen atoms in total. The molecule has 4 rings (SSSR count). The molecule has 16 heavy (non-hydrogen) atoms. The van der Waals surface area contributed by atoms with E-state index >= 15 is 0 Å². The Kier molecular flexibility index (Phi) is 2.75. The minimum Gasteiger partial charge on any atom is -0.322 e. The molecule has 0 aromatic carbocycles. The second kappa shape index (κ2) is 4.11. The molecule has 3 saturated heterocycles. The van der Waals surface area contributed by atoms with Gasteiger partial charge in [0.15, 0.2) is 0 Å². The highest BCUT2D eigenvalue weighted by atomic mass is 32.1. The molecule has 2 N–H and O–H groups in total. The molecule has 4 heterocycles. The van der Waals surface area contributed by atoms with E-state index in [-0.39, 0.29) is 6.04 Å². The van der Waals surface area contributed by atoms with Crippen LogP contribution in [0.25, 0.3) is 0 Å². The SMILES string of the molecule is Cc1ccsc1C(N)C1CN2CCN1CC2. The van der Waals surface area contributed by atoms with Crippen molar-refractivity contribution in [2.45, 2.75) is 19.0 Å². The fraction of sp³-hybridized carbons (Fsp3) is 0.667. The van der Waals surface area contributed by atoms with Crippen LogP contribution in [0.1, 0.15) is 16.5 Å². The minimum absolute atomic E-state index is 0.197. The Bertz CT molecular complexity index is 368. The Balaban J connectivity index is 1.80. The molecule has 4 heteroatoms. The van der Waals surface area contributed by atoms with Gasteiger partial charge in [0.2, 0.25) is 0 Å². The van der Waals surface area contributed by atoms with Gasteiger partial charge in [0.05, 0.1) is 6.04 Å². The van der Waals surface area contributed by atoms with Crippen molar-refractivity contribution in [2.75, 3.05) is 32.7 Å². The van der Waals surface area contributed by atoms with Gasteiger partial charge in [-0.05, 0) is 23.9 Å². The predicted molar refractivity (Wildman–Crippen MR) is 67.8 cm³/mol. The first kappa shape index (κ1) is 10.7. The van der Waals surface area contributed by atoms with Crippen LogP contribution < -0.4 is 5.73 Å². The van der Waals surface area contributed by atoms with Crippen molar-refractivity contribution < 1.29 is 0 Å². The summed E-state index contributed by atoms with van der Waals surface area (Å²) in [4.78, 5) is 6.50. The smallest absolute Gasteiger partial charge is 0.0563 e. The van der Waals surface area contributed by atoms with Gasteiger partial charge in [-0.3, -0.25) is 9.80 Å². The highest BCUT2D eigenvalue weighted by Gasteiger charge is 2.36. The Hall–Kier alpha value is -0.420. The number of fused-ring (bicyclic) bond motifs is 3. The molecule has 0 aliphatic carbocycles. The number of aryl methyl sites for hydroxylation is 1. The fourth-order valence-corrected chi connectivity index (χ4v) is 3.89. The van der Waals surface area contributed by atoms with Crippen LogP contribution in [-0.4, -0.2) is 48.6 Å². The number of nitrogens with zero attached hydrogens (tertiary/aromatic N) is 2. The van der Waals surface area contributed by atoms with E-state index < -0.39 is 0 Å². The van der Waals surface area contributed by atoms with Crippen LogP contribution in [0.4, 0.5) is 0 Å². The van der Waals surface area contributed by atoms with E-state index in [0.717, 1.165) is 6.54 Å². The molecule has 88 valence electrons. The van der Waals surface area contributed by atoms with Crippen LogP contribution in [0.2, 0.25) is 0 Å². The van der Waals surface area contributed by atoms with Gasteiger partial charge < -0.3 is 5.73 Å².